The molecule has 6 rings (SSSR count). The Kier molecular flexibility index (Phi) is 5.49. The summed E-state index contributed by atoms with van der Waals surface area (Å²) in [5.74, 6) is 0.251. The van der Waals surface area contributed by atoms with Crippen LogP contribution in [0.1, 0.15) is 30.5 Å². The van der Waals surface area contributed by atoms with Crippen molar-refractivity contribution in [2.45, 2.75) is 42.4 Å². The molecule has 0 saturated carbocycles. The first kappa shape index (κ1) is 22.2. The van der Waals surface area contributed by atoms with Gasteiger partial charge in [-0.25, -0.2) is 13.4 Å². The van der Waals surface area contributed by atoms with E-state index in [9.17, 15) is 13.2 Å². The normalized spacial score (nSPS) is 18.6. The van der Waals surface area contributed by atoms with E-state index < -0.39 is 16.1 Å². The molecule has 176 valence electrons. The smallest absolute Gasteiger partial charge is 0.253 e. The number of nitrogens with zero attached hydrogens (tertiary/aromatic N) is 4. The number of anilines is 1. The first-order valence-electron chi connectivity index (χ1n) is 11.0. The van der Waals surface area contributed by atoms with Crippen molar-refractivity contribution < 1.29 is 13.2 Å². The average molecular weight is 534 g/mol. The second-order valence-corrected chi connectivity index (χ2v) is 13.2. The number of halogens is 1. The Labute approximate surface area is 209 Å². The van der Waals surface area contributed by atoms with Crippen LogP contribution in [0, 0.1) is 0 Å². The maximum Gasteiger partial charge on any atom is 0.253 e. The lowest BCUT2D eigenvalue weighted by atomic mass is 10.2. The van der Waals surface area contributed by atoms with E-state index >= 15 is 0 Å². The zero-order valence-electron chi connectivity index (χ0n) is 17.9. The van der Waals surface area contributed by atoms with E-state index in [0.717, 1.165) is 52.1 Å². The molecule has 34 heavy (non-hydrogen) atoms. The number of carbonyl (C=O) groups excluding carboxylic acids is 1. The summed E-state index contributed by atoms with van der Waals surface area (Å²) in [5.41, 5.74) is 2.84. The molecule has 0 bridgehead atoms. The third-order valence-corrected chi connectivity index (χ3v) is 10.8. The topological polar surface area (TPSA) is 97.2 Å². The maximum atomic E-state index is 13.5. The van der Waals surface area contributed by atoms with Gasteiger partial charge in [-0.1, -0.05) is 35.1 Å². The first-order valence-corrected chi connectivity index (χ1v) is 14.4. The fourth-order valence-corrected chi connectivity index (χ4v) is 8.84. The fraction of sp³-hybridized carbons (Fsp3) is 0.318. The maximum absolute atomic E-state index is 13.5. The quantitative estimate of drug-likeness (QED) is 0.408. The van der Waals surface area contributed by atoms with Gasteiger partial charge in [0.1, 0.15) is 16.1 Å². The van der Waals surface area contributed by atoms with Crippen LogP contribution in [0.2, 0.25) is 4.34 Å². The number of nitrogens with one attached hydrogen (secondary N) is 1. The molecule has 2 aliphatic rings. The summed E-state index contributed by atoms with van der Waals surface area (Å²) in [6, 6.07) is 10.1. The van der Waals surface area contributed by atoms with Gasteiger partial charge in [-0.05, 0) is 56.4 Å². The van der Waals surface area contributed by atoms with Gasteiger partial charge in [-0.2, -0.15) is 14.1 Å². The largest absolute Gasteiger partial charge is 0.309 e. The molecule has 1 aliphatic heterocycles. The number of thiophene rings is 1. The number of sulfonamides is 1. The van der Waals surface area contributed by atoms with Gasteiger partial charge in [0.15, 0.2) is 0 Å². The van der Waals surface area contributed by atoms with Crippen molar-refractivity contribution >= 4 is 66.2 Å². The van der Waals surface area contributed by atoms with Crippen molar-refractivity contribution in [2.24, 2.45) is 0 Å². The van der Waals surface area contributed by atoms with Crippen LogP contribution in [0.4, 0.5) is 5.82 Å². The van der Waals surface area contributed by atoms with E-state index in [1.165, 1.54) is 21.7 Å². The summed E-state index contributed by atoms with van der Waals surface area (Å²) in [6.45, 7) is 0.297. The molecule has 1 fully saturated rings. The third kappa shape index (κ3) is 3.66. The number of para-hydroxylation sites is 1. The number of aromatic nitrogens is 3. The molecule has 1 atom stereocenters. The third-order valence-electron chi connectivity index (χ3n) is 6.23. The Morgan fingerprint density at radius 3 is 2.76 bits per heavy atom. The Morgan fingerprint density at radius 1 is 1.12 bits per heavy atom. The molecule has 1 aliphatic carbocycles. The lowest BCUT2D eigenvalue weighted by Crippen LogP contribution is -2.43. The summed E-state index contributed by atoms with van der Waals surface area (Å²) in [6.07, 6.45) is 3.72. The fourth-order valence-electron chi connectivity index (χ4n) is 4.65. The van der Waals surface area contributed by atoms with Crippen LogP contribution in [0.3, 0.4) is 0 Å². The number of benzene rings is 1. The predicted molar refractivity (Wildman–Crippen MR) is 134 cm³/mol. The molecule has 0 spiro atoms. The van der Waals surface area contributed by atoms with E-state index in [2.05, 4.69) is 5.32 Å². The number of fused-ring (bicyclic) bond motifs is 2. The first-order chi connectivity index (χ1) is 16.4. The molecule has 1 saturated heterocycles. The van der Waals surface area contributed by atoms with Crippen molar-refractivity contribution in [3.8, 4) is 5.13 Å². The standard InChI is InChI=1S/C22H20ClN5O3S3/c23-18-10-11-19(33-18)34(30,31)27-12-4-8-16(27)21(29)25-20-13-5-3-7-14(13)26-28(20)22-24-15-6-1-2-9-17(15)32-22/h1-2,6,9-11,16H,3-5,7-8,12H2,(H,25,29). The highest BCUT2D eigenvalue weighted by Gasteiger charge is 2.41. The van der Waals surface area contributed by atoms with Crippen molar-refractivity contribution in [3.05, 3.63) is 52.0 Å². The van der Waals surface area contributed by atoms with Crippen LogP contribution in [-0.4, -0.2) is 46.0 Å². The number of hydrogen-bond acceptors (Lipinski definition) is 7. The lowest BCUT2D eigenvalue weighted by Gasteiger charge is -2.23. The highest BCUT2D eigenvalue weighted by atomic mass is 35.5. The van der Waals surface area contributed by atoms with E-state index in [1.807, 2.05) is 24.3 Å². The lowest BCUT2D eigenvalue weighted by molar-refractivity contribution is -0.119. The Morgan fingerprint density at radius 2 is 1.97 bits per heavy atom. The second kappa shape index (κ2) is 8.42. The van der Waals surface area contributed by atoms with Gasteiger partial charge in [0.2, 0.25) is 11.0 Å². The highest BCUT2D eigenvalue weighted by Crippen LogP contribution is 2.36. The molecular weight excluding hydrogens is 514 g/mol. The van der Waals surface area contributed by atoms with Crippen molar-refractivity contribution in [1.82, 2.24) is 19.1 Å². The molecule has 1 unspecified atom stereocenters. The minimum absolute atomic E-state index is 0.151. The van der Waals surface area contributed by atoms with Crippen LogP contribution >= 0.6 is 34.3 Å². The number of thiazole rings is 1. The van der Waals surface area contributed by atoms with Crippen LogP contribution < -0.4 is 5.32 Å². The molecule has 8 nitrogen and oxygen atoms in total. The minimum Gasteiger partial charge on any atom is -0.309 e. The summed E-state index contributed by atoms with van der Waals surface area (Å²) in [4.78, 5) is 18.2. The van der Waals surface area contributed by atoms with E-state index in [0.29, 0.717) is 34.7 Å². The molecule has 4 heterocycles. The van der Waals surface area contributed by atoms with Gasteiger partial charge >= 0.3 is 0 Å². The Bertz CT molecular complexity index is 1490. The number of aryl methyl sites for hydroxylation is 1. The van der Waals surface area contributed by atoms with Crippen LogP contribution in [0.15, 0.2) is 40.6 Å². The monoisotopic (exact) mass is 533 g/mol. The Hall–Kier alpha value is -2.31. The molecule has 4 aromatic rings. The summed E-state index contributed by atoms with van der Waals surface area (Å²) < 4.78 is 31.0. The van der Waals surface area contributed by atoms with Gasteiger partial charge in [0.05, 0.1) is 20.2 Å². The van der Waals surface area contributed by atoms with Gasteiger partial charge in [-0.3, -0.25) is 4.79 Å². The van der Waals surface area contributed by atoms with E-state index in [-0.39, 0.29) is 10.1 Å². The van der Waals surface area contributed by atoms with Crippen molar-refractivity contribution in [1.29, 1.82) is 0 Å². The van der Waals surface area contributed by atoms with Crippen LogP contribution in [0.25, 0.3) is 15.3 Å². The summed E-state index contributed by atoms with van der Waals surface area (Å²) in [5, 5.41) is 8.47. The number of carbonyl (C=O) groups is 1. The highest BCUT2D eigenvalue weighted by molar-refractivity contribution is 7.91. The molecule has 12 heteroatoms. The van der Waals surface area contributed by atoms with Crippen molar-refractivity contribution in [2.75, 3.05) is 11.9 Å². The zero-order chi connectivity index (χ0) is 23.4. The van der Waals surface area contributed by atoms with Gasteiger partial charge < -0.3 is 5.32 Å². The van der Waals surface area contributed by atoms with Crippen molar-refractivity contribution in [3.63, 3.8) is 0 Å². The predicted octanol–water partition coefficient (Wildman–Crippen LogP) is 4.48. The summed E-state index contributed by atoms with van der Waals surface area (Å²) in [7, 11) is -3.81. The van der Waals surface area contributed by atoms with Gasteiger partial charge in [0, 0.05) is 12.1 Å². The molecule has 3 aromatic heterocycles. The van der Waals surface area contributed by atoms with Gasteiger partial charge in [-0.15, -0.1) is 11.3 Å². The van der Waals surface area contributed by atoms with E-state index in [4.69, 9.17) is 21.7 Å². The van der Waals surface area contributed by atoms with Crippen LogP contribution in [0.5, 0.6) is 0 Å². The molecule has 1 N–H and O–H groups in total. The number of hydrogen-bond donors (Lipinski definition) is 1. The SMILES string of the molecule is O=C(Nc1c2c(nn1-c1nc3ccccc3s1)CCC2)C1CCCN1S(=O)(=O)c1ccc(Cl)s1. The molecule has 1 amide bonds. The zero-order valence-corrected chi connectivity index (χ0v) is 21.1. The van der Waals surface area contributed by atoms with Crippen LogP contribution in [-0.2, 0) is 27.7 Å². The molecule has 0 radical (unpaired) electrons. The molecule has 1 aromatic carbocycles. The number of rotatable bonds is 5. The average Bonchev–Trinajstić information content (AvgIpc) is 3.61. The minimum atomic E-state index is -3.81. The summed E-state index contributed by atoms with van der Waals surface area (Å²) >= 11 is 8.47. The molecular formula is C22H20ClN5O3S3. The Balaban J connectivity index is 1.34. The van der Waals surface area contributed by atoms with E-state index in [1.54, 1.807) is 10.7 Å². The van der Waals surface area contributed by atoms with Gasteiger partial charge in [0.25, 0.3) is 10.0 Å². The number of amides is 1. The second-order valence-electron chi connectivity index (χ2n) is 8.32.